The Kier molecular flexibility index (Phi) is 2.79. The maximum absolute atomic E-state index is 11.6. The van der Waals surface area contributed by atoms with Crippen molar-refractivity contribution in [3.05, 3.63) is 18.0 Å². The molecule has 1 heterocycles. The van der Waals surface area contributed by atoms with Gasteiger partial charge in [0.05, 0.1) is 11.9 Å². The lowest BCUT2D eigenvalue weighted by atomic mass is 10.2. The topological polar surface area (TPSA) is 74.8 Å². The molecular formula is C9H15N3O2S. The lowest BCUT2D eigenvalue weighted by Crippen LogP contribution is -2.29. The molecule has 1 aliphatic rings. The molecular weight excluding hydrogens is 214 g/mol. The van der Waals surface area contributed by atoms with Gasteiger partial charge >= 0.3 is 0 Å². The summed E-state index contributed by atoms with van der Waals surface area (Å²) >= 11 is 0. The van der Waals surface area contributed by atoms with Crippen molar-refractivity contribution in [3.8, 4) is 0 Å². The second-order valence-corrected chi connectivity index (χ2v) is 5.89. The van der Waals surface area contributed by atoms with E-state index in [9.17, 15) is 8.42 Å². The van der Waals surface area contributed by atoms with E-state index in [1.54, 1.807) is 12.4 Å². The fraction of sp³-hybridized carbons (Fsp3) is 0.667. The monoisotopic (exact) mass is 229 g/mol. The van der Waals surface area contributed by atoms with Crippen LogP contribution < -0.4 is 4.72 Å². The minimum atomic E-state index is -3.14. The zero-order valence-corrected chi connectivity index (χ0v) is 9.42. The van der Waals surface area contributed by atoms with Crippen LogP contribution in [0.15, 0.2) is 12.4 Å². The van der Waals surface area contributed by atoms with E-state index in [4.69, 9.17) is 0 Å². The first kappa shape index (κ1) is 10.6. The van der Waals surface area contributed by atoms with Gasteiger partial charge < -0.3 is 0 Å². The molecule has 0 saturated heterocycles. The van der Waals surface area contributed by atoms with E-state index in [0.29, 0.717) is 5.92 Å². The van der Waals surface area contributed by atoms with Crippen LogP contribution in [-0.4, -0.2) is 24.4 Å². The van der Waals surface area contributed by atoms with Crippen LogP contribution in [-0.2, 0) is 10.0 Å². The summed E-state index contributed by atoms with van der Waals surface area (Å²) in [6, 6.07) is -0.215. The fourth-order valence-electron chi connectivity index (χ4n) is 1.48. The van der Waals surface area contributed by atoms with Crippen molar-refractivity contribution in [1.82, 2.24) is 14.9 Å². The molecule has 1 atom stereocenters. The third-order valence-electron chi connectivity index (χ3n) is 2.53. The number of aromatic amines is 1. The summed E-state index contributed by atoms with van der Waals surface area (Å²) < 4.78 is 25.9. The number of hydrogen-bond acceptors (Lipinski definition) is 3. The Morgan fingerprint density at radius 3 is 2.93 bits per heavy atom. The minimum absolute atomic E-state index is 0.215. The third kappa shape index (κ3) is 3.04. The van der Waals surface area contributed by atoms with Crippen LogP contribution >= 0.6 is 0 Å². The first-order chi connectivity index (χ1) is 7.07. The summed E-state index contributed by atoms with van der Waals surface area (Å²) in [4.78, 5) is 0. The largest absolute Gasteiger partial charge is 0.285 e. The number of sulfonamides is 1. The molecule has 1 unspecified atom stereocenters. The van der Waals surface area contributed by atoms with Gasteiger partial charge in [0.1, 0.15) is 0 Å². The van der Waals surface area contributed by atoms with Gasteiger partial charge in [-0.2, -0.15) is 5.10 Å². The molecule has 84 valence electrons. The molecule has 0 aliphatic heterocycles. The highest BCUT2D eigenvalue weighted by atomic mass is 32.2. The molecule has 15 heavy (non-hydrogen) atoms. The molecule has 1 fully saturated rings. The second-order valence-electron chi connectivity index (χ2n) is 4.10. The van der Waals surface area contributed by atoms with E-state index in [1.165, 1.54) is 0 Å². The Labute approximate surface area is 89.3 Å². The zero-order valence-electron chi connectivity index (χ0n) is 8.60. The van der Waals surface area contributed by atoms with Gasteiger partial charge in [-0.1, -0.05) is 0 Å². The number of nitrogens with one attached hydrogen (secondary N) is 2. The lowest BCUT2D eigenvalue weighted by molar-refractivity contribution is 0.563. The van der Waals surface area contributed by atoms with Crippen LogP contribution in [0.4, 0.5) is 0 Å². The number of rotatable bonds is 5. The smallest absolute Gasteiger partial charge is 0.212 e. The molecule has 0 aromatic carbocycles. The Bertz CT molecular complexity index is 409. The summed E-state index contributed by atoms with van der Waals surface area (Å²) in [6.07, 6.45) is 5.41. The standard InChI is InChI=1S/C9H15N3O2S/c1-7(9-4-10-11-5-9)12-15(13,14)6-8-2-3-8/h4-5,7-8,12H,2-3,6H2,1H3,(H,10,11). The van der Waals surface area contributed by atoms with Gasteiger partial charge in [-0.3, -0.25) is 5.10 Å². The van der Waals surface area contributed by atoms with Gasteiger partial charge in [-0.25, -0.2) is 13.1 Å². The average molecular weight is 229 g/mol. The van der Waals surface area contributed by atoms with Gasteiger partial charge in [-0.15, -0.1) is 0 Å². The molecule has 1 saturated carbocycles. The van der Waals surface area contributed by atoms with Gasteiger partial charge in [0.25, 0.3) is 0 Å². The van der Waals surface area contributed by atoms with Gasteiger partial charge in [0.15, 0.2) is 0 Å². The van der Waals surface area contributed by atoms with Crippen molar-refractivity contribution < 1.29 is 8.42 Å². The predicted octanol–water partition coefficient (Wildman–Crippen LogP) is 0.800. The summed E-state index contributed by atoms with van der Waals surface area (Å²) in [6.45, 7) is 1.81. The highest BCUT2D eigenvalue weighted by Crippen LogP contribution is 2.30. The van der Waals surface area contributed by atoms with Crippen molar-refractivity contribution in [2.24, 2.45) is 5.92 Å². The predicted molar refractivity (Wildman–Crippen MR) is 56.6 cm³/mol. The lowest BCUT2D eigenvalue weighted by Gasteiger charge is -2.11. The van der Waals surface area contributed by atoms with Crippen molar-refractivity contribution in [2.75, 3.05) is 5.75 Å². The van der Waals surface area contributed by atoms with Gasteiger partial charge in [0.2, 0.25) is 10.0 Å². The molecule has 6 heteroatoms. The van der Waals surface area contributed by atoms with E-state index in [2.05, 4.69) is 14.9 Å². The first-order valence-corrected chi connectivity index (χ1v) is 6.71. The molecule has 0 bridgehead atoms. The van der Waals surface area contributed by atoms with Crippen LogP contribution in [0.5, 0.6) is 0 Å². The quantitative estimate of drug-likeness (QED) is 0.784. The van der Waals surface area contributed by atoms with Crippen LogP contribution in [0.2, 0.25) is 0 Å². The second kappa shape index (κ2) is 3.94. The molecule has 1 aromatic rings. The maximum atomic E-state index is 11.6. The Balaban J connectivity index is 1.95. The fourth-order valence-corrected chi connectivity index (χ4v) is 3.20. The van der Waals surface area contributed by atoms with Crippen molar-refractivity contribution in [1.29, 1.82) is 0 Å². The number of nitrogens with zero attached hydrogens (tertiary/aromatic N) is 1. The van der Waals surface area contributed by atoms with Crippen LogP contribution in [0.3, 0.4) is 0 Å². The van der Waals surface area contributed by atoms with Crippen molar-refractivity contribution >= 4 is 10.0 Å². The number of hydrogen-bond donors (Lipinski definition) is 2. The maximum Gasteiger partial charge on any atom is 0.212 e. The Hall–Kier alpha value is -0.880. The normalized spacial score (nSPS) is 19.0. The summed E-state index contributed by atoms with van der Waals surface area (Å²) in [7, 11) is -3.14. The molecule has 1 aromatic heterocycles. The van der Waals surface area contributed by atoms with Gasteiger partial charge in [-0.05, 0) is 25.7 Å². The highest BCUT2D eigenvalue weighted by molar-refractivity contribution is 7.89. The van der Waals surface area contributed by atoms with E-state index < -0.39 is 10.0 Å². The SMILES string of the molecule is CC(NS(=O)(=O)CC1CC1)c1cn[nH]c1. The Morgan fingerprint density at radius 2 is 2.40 bits per heavy atom. The molecule has 0 spiro atoms. The van der Waals surface area contributed by atoms with Crippen molar-refractivity contribution in [2.45, 2.75) is 25.8 Å². The van der Waals surface area contributed by atoms with E-state index in [0.717, 1.165) is 18.4 Å². The van der Waals surface area contributed by atoms with E-state index in [1.807, 2.05) is 6.92 Å². The summed E-state index contributed by atoms with van der Waals surface area (Å²) in [5.74, 6) is 0.633. The van der Waals surface area contributed by atoms with Crippen LogP contribution in [0.25, 0.3) is 0 Å². The first-order valence-electron chi connectivity index (χ1n) is 5.05. The van der Waals surface area contributed by atoms with E-state index >= 15 is 0 Å². The van der Waals surface area contributed by atoms with Gasteiger partial charge in [0, 0.05) is 17.8 Å². The number of H-pyrrole nitrogens is 1. The summed E-state index contributed by atoms with van der Waals surface area (Å²) in [5, 5.41) is 6.45. The minimum Gasteiger partial charge on any atom is -0.285 e. The van der Waals surface area contributed by atoms with Crippen LogP contribution in [0, 0.1) is 5.92 Å². The summed E-state index contributed by atoms with van der Waals surface area (Å²) in [5.41, 5.74) is 0.856. The number of aromatic nitrogens is 2. The third-order valence-corrected chi connectivity index (χ3v) is 4.15. The molecule has 5 nitrogen and oxygen atoms in total. The molecule has 0 radical (unpaired) electrons. The molecule has 2 N–H and O–H groups in total. The molecule has 2 rings (SSSR count). The van der Waals surface area contributed by atoms with E-state index in [-0.39, 0.29) is 11.8 Å². The average Bonchev–Trinajstić information content (AvgIpc) is 2.78. The zero-order chi connectivity index (χ0) is 10.9. The van der Waals surface area contributed by atoms with Crippen molar-refractivity contribution in [3.63, 3.8) is 0 Å². The highest BCUT2D eigenvalue weighted by Gasteiger charge is 2.28. The molecule has 0 amide bonds. The van der Waals surface area contributed by atoms with Crippen LogP contribution in [0.1, 0.15) is 31.4 Å². The molecule has 1 aliphatic carbocycles. The Morgan fingerprint density at radius 1 is 1.67 bits per heavy atom.